The Morgan fingerprint density at radius 3 is 2.64 bits per heavy atom. The highest BCUT2D eigenvalue weighted by molar-refractivity contribution is 9.10. The van der Waals surface area contributed by atoms with Gasteiger partial charge in [0.25, 0.3) is 0 Å². The number of nitrogens with one attached hydrogen (secondary N) is 1. The molecule has 1 aromatic heterocycles. The van der Waals surface area contributed by atoms with Gasteiger partial charge in [-0.25, -0.2) is 4.98 Å². The summed E-state index contributed by atoms with van der Waals surface area (Å²) in [6.07, 6.45) is 0. The van der Waals surface area contributed by atoms with E-state index in [0.717, 1.165) is 15.7 Å². The van der Waals surface area contributed by atoms with Crippen LogP contribution in [0.1, 0.15) is 5.01 Å². The second-order valence-electron chi connectivity index (χ2n) is 4.85. The number of halogens is 3. The first-order chi connectivity index (χ1) is 12.1. The fourth-order valence-corrected chi connectivity index (χ4v) is 3.50. The topological polar surface area (TPSA) is 61.1 Å². The summed E-state index contributed by atoms with van der Waals surface area (Å²) < 4.78 is 0.965. The van der Waals surface area contributed by atoms with E-state index < -0.39 is 0 Å². The second kappa shape index (κ2) is 7.98. The van der Waals surface area contributed by atoms with Crippen LogP contribution in [0.5, 0.6) is 0 Å². The van der Waals surface area contributed by atoms with E-state index in [1.807, 2.05) is 29.6 Å². The molecule has 0 bridgehead atoms. The lowest BCUT2D eigenvalue weighted by molar-refractivity contribution is 1.31. The zero-order valence-corrected chi connectivity index (χ0v) is 16.4. The molecule has 2 aromatic carbocycles. The minimum Gasteiger partial charge on any atom is -0.277 e. The number of rotatable bonds is 4. The van der Waals surface area contributed by atoms with Crippen molar-refractivity contribution in [3.63, 3.8) is 0 Å². The molecule has 0 aliphatic rings. The third kappa shape index (κ3) is 4.39. The molecule has 0 aliphatic carbocycles. The summed E-state index contributed by atoms with van der Waals surface area (Å²) in [4.78, 5) is 4.46. The molecular formula is C17H9BrCl2N4S. The SMILES string of the molecule is N#CC(=NNc1ccc(Br)cc1)c1nc(-c2ccc(Cl)cc2Cl)cs1. The number of hydrogen-bond donors (Lipinski definition) is 1. The van der Waals surface area contributed by atoms with Gasteiger partial charge in [0.2, 0.25) is 0 Å². The molecule has 0 aliphatic heterocycles. The largest absolute Gasteiger partial charge is 0.277 e. The van der Waals surface area contributed by atoms with E-state index in [1.165, 1.54) is 11.3 Å². The van der Waals surface area contributed by atoms with Crippen LogP contribution in [0.3, 0.4) is 0 Å². The molecule has 0 saturated carbocycles. The summed E-state index contributed by atoms with van der Waals surface area (Å²) in [5, 5.41) is 16.9. The van der Waals surface area contributed by atoms with Crippen LogP contribution in [-0.4, -0.2) is 10.7 Å². The molecule has 4 nitrogen and oxygen atoms in total. The van der Waals surface area contributed by atoms with E-state index in [9.17, 15) is 5.26 Å². The van der Waals surface area contributed by atoms with Crippen molar-refractivity contribution in [2.24, 2.45) is 5.10 Å². The van der Waals surface area contributed by atoms with E-state index >= 15 is 0 Å². The fourth-order valence-electron chi connectivity index (χ4n) is 1.97. The number of benzene rings is 2. The zero-order valence-electron chi connectivity index (χ0n) is 12.5. The molecule has 25 heavy (non-hydrogen) atoms. The normalized spacial score (nSPS) is 11.2. The van der Waals surface area contributed by atoms with Gasteiger partial charge < -0.3 is 0 Å². The van der Waals surface area contributed by atoms with Crippen LogP contribution in [0.4, 0.5) is 5.69 Å². The van der Waals surface area contributed by atoms with Crippen LogP contribution in [0, 0.1) is 11.3 Å². The van der Waals surface area contributed by atoms with E-state index in [1.54, 1.807) is 18.2 Å². The third-order valence-electron chi connectivity index (χ3n) is 3.16. The monoisotopic (exact) mass is 450 g/mol. The van der Waals surface area contributed by atoms with Gasteiger partial charge in [-0.2, -0.15) is 10.4 Å². The molecule has 3 aromatic rings. The van der Waals surface area contributed by atoms with E-state index in [4.69, 9.17) is 23.2 Å². The van der Waals surface area contributed by atoms with Crippen molar-refractivity contribution in [1.29, 1.82) is 5.26 Å². The smallest absolute Gasteiger partial charge is 0.196 e. The van der Waals surface area contributed by atoms with Crippen molar-refractivity contribution in [1.82, 2.24) is 4.98 Å². The van der Waals surface area contributed by atoms with Gasteiger partial charge in [0, 0.05) is 20.4 Å². The number of nitrogens with zero attached hydrogens (tertiary/aromatic N) is 3. The predicted octanol–water partition coefficient (Wildman–Crippen LogP) is 6.22. The van der Waals surface area contributed by atoms with Gasteiger partial charge in [-0.05, 0) is 42.5 Å². The molecule has 8 heteroatoms. The van der Waals surface area contributed by atoms with Crippen LogP contribution in [0.2, 0.25) is 10.0 Å². The van der Waals surface area contributed by atoms with Crippen molar-refractivity contribution in [2.75, 3.05) is 5.43 Å². The number of thiazole rings is 1. The van der Waals surface area contributed by atoms with Crippen molar-refractivity contribution in [3.05, 3.63) is 67.4 Å². The molecule has 124 valence electrons. The van der Waals surface area contributed by atoms with Crippen LogP contribution < -0.4 is 5.43 Å². The number of anilines is 1. The Balaban J connectivity index is 1.85. The van der Waals surface area contributed by atoms with E-state index in [2.05, 4.69) is 37.5 Å². The third-order valence-corrected chi connectivity index (χ3v) is 5.09. The van der Waals surface area contributed by atoms with Crippen molar-refractivity contribution in [2.45, 2.75) is 0 Å². The van der Waals surface area contributed by atoms with Gasteiger partial charge in [0.1, 0.15) is 6.07 Å². The second-order valence-corrected chi connectivity index (χ2v) is 7.47. The Bertz CT molecular complexity index is 977. The highest BCUT2D eigenvalue weighted by Crippen LogP contribution is 2.31. The van der Waals surface area contributed by atoms with Gasteiger partial charge in [0.15, 0.2) is 10.7 Å². The van der Waals surface area contributed by atoms with Gasteiger partial charge in [-0.1, -0.05) is 39.1 Å². The van der Waals surface area contributed by atoms with E-state index in [0.29, 0.717) is 20.7 Å². The lowest BCUT2D eigenvalue weighted by atomic mass is 10.2. The summed E-state index contributed by atoms with van der Waals surface area (Å²) in [6.45, 7) is 0. The summed E-state index contributed by atoms with van der Waals surface area (Å²) in [7, 11) is 0. The van der Waals surface area contributed by atoms with Crippen molar-refractivity contribution >= 4 is 61.9 Å². The first-order valence-corrected chi connectivity index (χ1v) is 9.40. The standard InChI is InChI=1S/C17H9BrCl2N4S/c18-10-1-4-12(5-2-10)23-24-15(8-21)17-22-16(9-25-17)13-6-3-11(19)7-14(13)20/h1-7,9,23H. The van der Waals surface area contributed by atoms with Gasteiger partial charge in [-0.3, -0.25) is 5.43 Å². The minimum atomic E-state index is 0.198. The van der Waals surface area contributed by atoms with Crippen molar-refractivity contribution < 1.29 is 0 Å². The Kier molecular flexibility index (Phi) is 5.71. The highest BCUT2D eigenvalue weighted by atomic mass is 79.9. The first-order valence-electron chi connectivity index (χ1n) is 6.97. The number of nitriles is 1. The van der Waals surface area contributed by atoms with Crippen LogP contribution >= 0.6 is 50.5 Å². The summed E-state index contributed by atoms with van der Waals surface area (Å²) in [5.41, 5.74) is 5.26. The number of aromatic nitrogens is 1. The molecule has 0 fully saturated rings. The molecule has 1 heterocycles. The fraction of sp³-hybridized carbons (Fsp3) is 0. The van der Waals surface area contributed by atoms with E-state index in [-0.39, 0.29) is 5.71 Å². The summed E-state index contributed by atoms with van der Waals surface area (Å²) >= 11 is 16.8. The van der Waals surface area contributed by atoms with Crippen LogP contribution in [0.15, 0.2) is 57.4 Å². The number of hydrazone groups is 1. The molecule has 0 amide bonds. The molecule has 0 atom stereocenters. The molecule has 0 unspecified atom stereocenters. The summed E-state index contributed by atoms with van der Waals surface area (Å²) in [6, 6.07) is 14.7. The van der Waals surface area contributed by atoms with Crippen LogP contribution in [-0.2, 0) is 0 Å². The minimum absolute atomic E-state index is 0.198. The predicted molar refractivity (Wildman–Crippen MR) is 107 cm³/mol. The average Bonchev–Trinajstić information content (AvgIpc) is 3.06. The first kappa shape index (κ1) is 17.9. The Morgan fingerprint density at radius 2 is 1.96 bits per heavy atom. The van der Waals surface area contributed by atoms with Crippen LogP contribution in [0.25, 0.3) is 11.3 Å². The van der Waals surface area contributed by atoms with Gasteiger partial charge in [0.05, 0.1) is 16.4 Å². The maximum Gasteiger partial charge on any atom is 0.196 e. The molecular weight excluding hydrogens is 443 g/mol. The zero-order chi connectivity index (χ0) is 17.8. The molecule has 1 N–H and O–H groups in total. The Morgan fingerprint density at radius 1 is 1.20 bits per heavy atom. The van der Waals surface area contributed by atoms with Crippen molar-refractivity contribution in [3.8, 4) is 17.3 Å². The maximum atomic E-state index is 9.37. The van der Waals surface area contributed by atoms with Gasteiger partial charge >= 0.3 is 0 Å². The Labute approximate surface area is 166 Å². The highest BCUT2D eigenvalue weighted by Gasteiger charge is 2.12. The average molecular weight is 452 g/mol. The number of hydrogen-bond acceptors (Lipinski definition) is 5. The van der Waals surface area contributed by atoms with Gasteiger partial charge in [-0.15, -0.1) is 11.3 Å². The Hall–Kier alpha value is -1.91. The maximum absolute atomic E-state index is 9.37. The lowest BCUT2D eigenvalue weighted by Gasteiger charge is -2.01. The summed E-state index contributed by atoms with van der Waals surface area (Å²) in [5.74, 6) is 0. The lowest BCUT2D eigenvalue weighted by Crippen LogP contribution is -2.01. The molecule has 0 radical (unpaired) electrons. The quantitative estimate of drug-likeness (QED) is 0.378. The molecule has 3 rings (SSSR count). The molecule has 0 saturated heterocycles. The molecule has 0 spiro atoms.